The molecular weight excluding hydrogens is 206 g/mol. The number of rotatable bonds is 8. The van der Waals surface area contributed by atoms with Gasteiger partial charge in [0.1, 0.15) is 0 Å². The number of hydrogen-bond acceptors (Lipinski definition) is 4. The van der Waals surface area contributed by atoms with Gasteiger partial charge in [0.25, 0.3) is 0 Å². The summed E-state index contributed by atoms with van der Waals surface area (Å²) >= 11 is 0. The standard InChI is InChI=1S/C11H23N3O2/c1-2-13-4-6-14(7-5-13)8-10-16-9-3-12-11-15/h11H,2-10H2,1H3,(H,12,15). The molecule has 1 saturated heterocycles. The monoisotopic (exact) mass is 229 g/mol. The molecule has 0 aromatic carbocycles. The molecule has 0 aromatic heterocycles. The van der Waals surface area contributed by atoms with Gasteiger partial charge in [0.15, 0.2) is 0 Å². The van der Waals surface area contributed by atoms with Crippen LogP contribution in [-0.2, 0) is 9.53 Å². The normalized spacial score (nSPS) is 18.6. The average molecular weight is 229 g/mol. The SMILES string of the molecule is CCN1CCN(CCOCCNC=O)CC1. The lowest BCUT2D eigenvalue weighted by atomic mass is 10.3. The summed E-state index contributed by atoms with van der Waals surface area (Å²) in [6, 6.07) is 0. The highest BCUT2D eigenvalue weighted by Crippen LogP contribution is 2.00. The second-order valence-corrected chi connectivity index (χ2v) is 3.96. The molecule has 94 valence electrons. The molecule has 0 saturated carbocycles. The molecule has 1 heterocycles. The minimum absolute atomic E-state index is 0.604. The minimum atomic E-state index is 0.604. The van der Waals surface area contributed by atoms with E-state index in [-0.39, 0.29) is 0 Å². The average Bonchev–Trinajstić information content (AvgIpc) is 2.34. The van der Waals surface area contributed by atoms with Gasteiger partial charge >= 0.3 is 0 Å². The van der Waals surface area contributed by atoms with E-state index in [4.69, 9.17) is 4.74 Å². The van der Waals surface area contributed by atoms with Crippen LogP contribution in [0.4, 0.5) is 0 Å². The molecule has 1 rings (SSSR count). The Morgan fingerprint density at radius 3 is 2.50 bits per heavy atom. The van der Waals surface area contributed by atoms with Crippen LogP contribution < -0.4 is 5.32 Å². The van der Waals surface area contributed by atoms with Crippen LogP contribution in [-0.4, -0.2) is 75.2 Å². The third kappa shape index (κ3) is 5.44. The van der Waals surface area contributed by atoms with E-state index in [0.29, 0.717) is 19.6 Å². The topological polar surface area (TPSA) is 44.8 Å². The predicted molar refractivity (Wildman–Crippen MR) is 63.4 cm³/mol. The van der Waals surface area contributed by atoms with Gasteiger partial charge in [-0.2, -0.15) is 0 Å². The Balaban J connectivity index is 1.92. The first kappa shape index (κ1) is 13.4. The second kappa shape index (κ2) is 8.50. The van der Waals surface area contributed by atoms with Crippen LogP contribution in [0.25, 0.3) is 0 Å². The van der Waals surface area contributed by atoms with E-state index in [9.17, 15) is 4.79 Å². The van der Waals surface area contributed by atoms with Gasteiger partial charge in [0.2, 0.25) is 6.41 Å². The molecule has 0 radical (unpaired) electrons. The number of nitrogens with one attached hydrogen (secondary N) is 1. The molecule has 5 nitrogen and oxygen atoms in total. The molecule has 0 spiro atoms. The third-order valence-electron chi connectivity index (χ3n) is 2.94. The number of nitrogens with zero attached hydrogens (tertiary/aromatic N) is 2. The Morgan fingerprint density at radius 1 is 1.19 bits per heavy atom. The maximum atomic E-state index is 9.96. The van der Waals surface area contributed by atoms with E-state index in [0.717, 1.165) is 32.8 Å². The summed E-state index contributed by atoms with van der Waals surface area (Å²) in [6.07, 6.45) is 0.702. The quantitative estimate of drug-likeness (QED) is 0.445. The minimum Gasteiger partial charge on any atom is -0.378 e. The summed E-state index contributed by atoms with van der Waals surface area (Å²) in [5.41, 5.74) is 0. The fourth-order valence-electron chi connectivity index (χ4n) is 1.81. The predicted octanol–water partition coefficient (Wildman–Crippen LogP) is -0.613. The van der Waals surface area contributed by atoms with E-state index >= 15 is 0 Å². The van der Waals surface area contributed by atoms with Crippen LogP contribution in [0.2, 0.25) is 0 Å². The Hall–Kier alpha value is -0.650. The molecule has 0 aromatic rings. The van der Waals surface area contributed by atoms with E-state index in [1.165, 1.54) is 13.1 Å². The highest BCUT2D eigenvalue weighted by atomic mass is 16.5. The first-order valence-electron chi connectivity index (χ1n) is 6.06. The fraction of sp³-hybridized carbons (Fsp3) is 0.909. The zero-order valence-electron chi connectivity index (χ0n) is 10.2. The number of hydrogen-bond donors (Lipinski definition) is 1. The van der Waals surface area contributed by atoms with Crippen LogP contribution in [0.5, 0.6) is 0 Å². The van der Waals surface area contributed by atoms with Crippen molar-refractivity contribution in [1.29, 1.82) is 0 Å². The lowest BCUT2D eigenvalue weighted by Crippen LogP contribution is -2.47. The highest BCUT2D eigenvalue weighted by Gasteiger charge is 2.14. The Morgan fingerprint density at radius 2 is 1.88 bits per heavy atom. The van der Waals surface area contributed by atoms with Crippen LogP contribution in [0.1, 0.15) is 6.92 Å². The Kier molecular flexibility index (Phi) is 7.12. The van der Waals surface area contributed by atoms with Gasteiger partial charge in [-0.25, -0.2) is 0 Å². The summed E-state index contributed by atoms with van der Waals surface area (Å²) in [5, 5.41) is 2.57. The summed E-state index contributed by atoms with van der Waals surface area (Å²) in [4.78, 5) is 14.9. The van der Waals surface area contributed by atoms with Crippen molar-refractivity contribution in [2.45, 2.75) is 6.92 Å². The number of amides is 1. The van der Waals surface area contributed by atoms with Gasteiger partial charge in [-0.15, -0.1) is 0 Å². The van der Waals surface area contributed by atoms with Crippen molar-refractivity contribution in [1.82, 2.24) is 15.1 Å². The van der Waals surface area contributed by atoms with E-state index < -0.39 is 0 Å². The number of likely N-dealkylation sites (N-methyl/N-ethyl adjacent to an activating group) is 1. The maximum Gasteiger partial charge on any atom is 0.207 e. The molecule has 5 heteroatoms. The van der Waals surface area contributed by atoms with E-state index in [1.807, 2.05) is 0 Å². The summed E-state index contributed by atoms with van der Waals surface area (Å²) in [7, 11) is 0. The van der Waals surface area contributed by atoms with Gasteiger partial charge < -0.3 is 15.0 Å². The number of piperazine rings is 1. The van der Waals surface area contributed by atoms with Gasteiger partial charge in [0, 0.05) is 39.3 Å². The van der Waals surface area contributed by atoms with Crippen LogP contribution in [0.3, 0.4) is 0 Å². The van der Waals surface area contributed by atoms with Crippen molar-refractivity contribution in [2.75, 3.05) is 59.0 Å². The molecule has 1 aliphatic heterocycles. The third-order valence-corrected chi connectivity index (χ3v) is 2.94. The molecule has 0 aliphatic carbocycles. The molecule has 1 N–H and O–H groups in total. The Labute approximate surface area is 97.7 Å². The molecule has 1 fully saturated rings. The van der Waals surface area contributed by atoms with E-state index in [2.05, 4.69) is 22.0 Å². The van der Waals surface area contributed by atoms with Crippen molar-refractivity contribution in [3.05, 3.63) is 0 Å². The molecule has 0 atom stereocenters. The van der Waals surface area contributed by atoms with Crippen molar-refractivity contribution >= 4 is 6.41 Å². The maximum absolute atomic E-state index is 9.96. The van der Waals surface area contributed by atoms with Crippen LogP contribution in [0.15, 0.2) is 0 Å². The fourth-order valence-corrected chi connectivity index (χ4v) is 1.81. The zero-order valence-corrected chi connectivity index (χ0v) is 10.2. The first-order chi connectivity index (χ1) is 7.86. The lowest BCUT2D eigenvalue weighted by molar-refractivity contribution is -0.109. The molecule has 0 bridgehead atoms. The van der Waals surface area contributed by atoms with Crippen molar-refractivity contribution in [3.63, 3.8) is 0 Å². The van der Waals surface area contributed by atoms with E-state index in [1.54, 1.807) is 0 Å². The number of carbonyl (C=O) groups is 1. The zero-order chi connectivity index (χ0) is 11.6. The van der Waals surface area contributed by atoms with Gasteiger partial charge in [-0.3, -0.25) is 9.69 Å². The lowest BCUT2D eigenvalue weighted by Gasteiger charge is -2.33. The first-order valence-corrected chi connectivity index (χ1v) is 6.06. The van der Waals surface area contributed by atoms with Crippen LogP contribution in [0, 0.1) is 0 Å². The van der Waals surface area contributed by atoms with Crippen molar-refractivity contribution in [2.24, 2.45) is 0 Å². The van der Waals surface area contributed by atoms with Crippen molar-refractivity contribution in [3.8, 4) is 0 Å². The highest BCUT2D eigenvalue weighted by molar-refractivity contribution is 5.45. The molecule has 16 heavy (non-hydrogen) atoms. The van der Waals surface area contributed by atoms with Gasteiger partial charge in [-0.1, -0.05) is 6.92 Å². The number of ether oxygens (including phenoxy) is 1. The Bertz CT molecular complexity index is 182. The van der Waals surface area contributed by atoms with Crippen molar-refractivity contribution < 1.29 is 9.53 Å². The second-order valence-electron chi connectivity index (χ2n) is 3.96. The van der Waals surface area contributed by atoms with Gasteiger partial charge in [-0.05, 0) is 6.54 Å². The molecular formula is C11H23N3O2. The largest absolute Gasteiger partial charge is 0.378 e. The smallest absolute Gasteiger partial charge is 0.207 e. The summed E-state index contributed by atoms with van der Waals surface area (Å²) < 4.78 is 5.41. The summed E-state index contributed by atoms with van der Waals surface area (Å²) in [5.74, 6) is 0. The van der Waals surface area contributed by atoms with Crippen LogP contribution >= 0.6 is 0 Å². The molecule has 1 aliphatic rings. The summed E-state index contributed by atoms with van der Waals surface area (Å²) in [6.45, 7) is 11.0. The molecule has 1 amide bonds. The number of carbonyl (C=O) groups excluding carboxylic acids is 1. The molecule has 0 unspecified atom stereocenters. The van der Waals surface area contributed by atoms with Gasteiger partial charge in [0.05, 0.1) is 13.2 Å².